The molecule has 0 radical (unpaired) electrons. The predicted octanol–water partition coefficient (Wildman–Crippen LogP) is 3.45. The predicted molar refractivity (Wildman–Crippen MR) is 158 cm³/mol. The maximum atomic E-state index is 13.2. The Balaban J connectivity index is 1.22. The normalized spacial score (nSPS) is 17.9. The monoisotopic (exact) mass is 579 g/mol. The fraction of sp³-hybridized carbons (Fsp3) is 0.483. The van der Waals surface area contributed by atoms with E-state index >= 15 is 0 Å². The largest absolute Gasteiger partial charge is 0.460 e. The van der Waals surface area contributed by atoms with Gasteiger partial charge in [-0.15, -0.1) is 11.3 Å². The van der Waals surface area contributed by atoms with Crippen molar-refractivity contribution in [1.82, 2.24) is 25.2 Å². The summed E-state index contributed by atoms with van der Waals surface area (Å²) in [5.41, 5.74) is 2.25. The number of benzene rings is 1. The van der Waals surface area contributed by atoms with E-state index in [1.165, 1.54) is 17.8 Å². The summed E-state index contributed by atoms with van der Waals surface area (Å²) < 4.78 is 11.0. The zero-order valence-electron chi connectivity index (χ0n) is 23.5. The fourth-order valence-electron chi connectivity index (χ4n) is 5.14. The van der Waals surface area contributed by atoms with Crippen molar-refractivity contribution in [3.8, 4) is 6.01 Å². The first kappa shape index (κ1) is 28.9. The molecule has 3 aromatic rings. The first-order chi connectivity index (χ1) is 20.0. The average Bonchev–Trinajstić information content (AvgIpc) is 3.64. The summed E-state index contributed by atoms with van der Waals surface area (Å²) in [6.07, 6.45) is 6.18. The van der Waals surface area contributed by atoms with Gasteiger partial charge in [0.05, 0.1) is 17.9 Å². The number of anilines is 2. The van der Waals surface area contributed by atoms with E-state index in [1.807, 2.05) is 18.2 Å². The van der Waals surface area contributed by atoms with Crippen LogP contribution in [0.15, 0.2) is 42.0 Å². The molecule has 0 aliphatic carbocycles. The van der Waals surface area contributed by atoms with E-state index in [0.29, 0.717) is 42.0 Å². The van der Waals surface area contributed by atoms with E-state index in [0.717, 1.165) is 56.3 Å². The van der Waals surface area contributed by atoms with Crippen molar-refractivity contribution < 1.29 is 19.1 Å². The van der Waals surface area contributed by atoms with Crippen molar-refractivity contribution in [3.05, 3.63) is 58.9 Å². The average molecular weight is 580 g/mol. The molecule has 0 bridgehead atoms. The quantitative estimate of drug-likeness (QED) is 0.329. The number of piperidine rings is 1. The molecule has 2 fully saturated rings. The molecular weight excluding hydrogens is 542 g/mol. The van der Waals surface area contributed by atoms with Crippen molar-refractivity contribution in [2.45, 2.75) is 38.8 Å². The van der Waals surface area contributed by atoms with Crippen molar-refractivity contribution in [3.63, 3.8) is 0 Å². The van der Waals surface area contributed by atoms with Crippen molar-refractivity contribution in [1.29, 1.82) is 0 Å². The van der Waals surface area contributed by atoms with Gasteiger partial charge in [-0.05, 0) is 42.6 Å². The van der Waals surface area contributed by atoms with Crippen LogP contribution in [0.25, 0.3) is 0 Å². The number of carbonyl (C=O) groups is 2. The number of nitrogens with zero attached hydrogens (tertiary/aromatic N) is 5. The molecule has 2 amide bonds. The Morgan fingerprint density at radius 1 is 1.10 bits per heavy atom. The van der Waals surface area contributed by atoms with Crippen molar-refractivity contribution >= 4 is 34.0 Å². The topological polar surface area (TPSA) is 122 Å². The van der Waals surface area contributed by atoms with Crippen LogP contribution >= 0.6 is 11.3 Å². The van der Waals surface area contributed by atoms with Gasteiger partial charge in [-0.1, -0.05) is 13.0 Å². The van der Waals surface area contributed by atoms with E-state index in [4.69, 9.17) is 9.47 Å². The molecule has 0 spiro atoms. The molecule has 1 aromatic carbocycles. The van der Waals surface area contributed by atoms with Gasteiger partial charge >= 0.3 is 6.01 Å². The SMILES string of the molecule is COCCNC(=O)c1cc(CN2CC[C@H](C)C2)ccc1NC(=O)c1csc(N2CCC(Oc3ncccn3)CC2)n1. The van der Waals surface area contributed by atoms with Gasteiger partial charge in [0.2, 0.25) is 0 Å². The zero-order chi connectivity index (χ0) is 28.6. The van der Waals surface area contributed by atoms with Crippen molar-refractivity contribution in [2.75, 3.05) is 56.7 Å². The molecule has 41 heavy (non-hydrogen) atoms. The molecule has 12 heteroatoms. The third-order valence-corrected chi connectivity index (χ3v) is 8.24. The number of methoxy groups -OCH3 is 1. The van der Waals surface area contributed by atoms with Gasteiger partial charge in [0.1, 0.15) is 11.8 Å². The highest BCUT2D eigenvalue weighted by Gasteiger charge is 2.25. The molecule has 1 atom stereocenters. The van der Waals surface area contributed by atoms with Gasteiger partial charge < -0.3 is 25.0 Å². The van der Waals surface area contributed by atoms with Gasteiger partial charge in [0.15, 0.2) is 5.13 Å². The first-order valence-electron chi connectivity index (χ1n) is 14.1. The summed E-state index contributed by atoms with van der Waals surface area (Å²) in [5.74, 6) is 0.0786. The lowest BCUT2D eigenvalue weighted by atomic mass is 10.1. The van der Waals surface area contributed by atoms with Gasteiger partial charge in [0, 0.05) is 70.4 Å². The molecular formula is C29H37N7O4S. The Morgan fingerprint density at radius 3 is 2.63 bits per heavy atom. The maximum Gasteiger partial charge on any atom is 0.316 e. The minimum Gasteiger partial charge on any atom is -0.460 e. The molecule has 0 unspecified atom stereocenters. The van der Waals surface area contributed by atoms with Crippen LogP contribution in [0, 0.1) is 5.92 Å². The van der Waals surface area contributed by atoms with Crippen LogP contribution in [0.3, 0.4) is 0 Å². The first-order valence-corrected chi connectivity index (χ1v) is 14.9. The number of likely N-dealkylation sites (tertiary alicyclic amines) is 1. The van der Waals surface area contributed by atoms with Crippen LogP contribution < -0.4 is 20.3 Å². The summed E-state index contributed by atoms with van der Waals surface area (Å²) in [5, 5.41) is 8.35. The number of ether oxygens (including phenoxy) is 2. The molecule has 2 N–H and O–H groups in total. The second kappa shape index (κ2) is 13.8. The number of rotatable bonds is 11. The summed E-state index contributed by atoms with van der Waals surface area (Å²) in [7, 11) is 1.59. The third kappa shape index (κ3) is 7.78. The smallest absolute Gasteiger partial charge is 0.316 e. The molecule has 2 aromatic heterocycles. The number of carbonyl (C=O) groups excluding carboxylic acids is 2. The lowest BCUT2D eigenvalue weighted by Crippen LogP contribution is -2.38. The van der Waals surface area contributed by atoms with E-state index in [1.54, 1.807) is 30.9 Å². The van der Waals surface area contributed by atoms with Crippen molar-refractivity contribution in [2.24, 2.45) is 5.92 Å². The molecule has 2 aliphatic rings. The molecule has 218 valence electrons. The molecule has 5 rings (SSSR count). The van der Waals surface area contributed by atoms with Crippen LogP contribution in [0.5, 0.6) is 6.01 Å². The number of nitrogens with one attached hydrogen (secondary N) is 2. The standard InChI is InChI=1S/C29H37N7O4S/c1-20-6-12-35(17-20)18-21-4-5-24(23(16-21)26(37)30-11-15-39-2)33-27(38)25-19-41-29(34-25)36-13-7-22(8-14-36)40-28-31-9-3-10-32-28/h3-5,9-10,16,19-20,22H,6-8,11-15,17-18H2,1-2H3,(H,30,37)(H,33,38)/t20-/m0/s1. The highest BCUT2D eigenvalue weighted by Crippen LogP contribution is 2.27. The molecule has 4 heterocycles. The van der Waals surface area contributed by atoms with Crippen LogP contribution in [0.4, 0.5) is 10.8 Å². The molecule has 2 saturated heterocycles. The second-order valence-corrected chi connectivity index (χ2v) is 11.4. The third-order valence-electron chi connectivity index (χ3n) is 7.33. The maximum absolute atomic E-state index is 13.2. The van der Waals surface area contributed by atoms with Gasteiger partial charge in [-0.3, -0.25) is 14.5 Å². The van der Waals surface area contributed by atoms with Crippen LogP contribution in [-0.4, -0.2) is 84.2 Å². The number of hydrogen-bond donors (Lipinski definition) is 2. The van der Waals surface area contributed by atoms with Crippen LogP contribution in [0.2, 0.25) is 0 Å². The number of aromatic nitrogens is 3. The van der Waals surface area contributed by atoms with E-state index in [9.17, 15) is 9.59 Å². The van der Waals surface area contributed by atoms with Crippen LogP contribution in [-0.2, 0) is 11.3 Å². The zero-order valence-corrected chi connectivity index (χ0v) is 24.4. The summed E-state index contributed by atoms with van der Waals surface area (Å²) in [6.45, 7) is 7.43. The highest BCUT2D eigenvalue weighted by atomic mass is 32.1. The summed E-state index contributed by atoms with van der Waals surface area (Å²) in [6, 6.07) is 7.82. The Bertz CT molecular complexity index is 1310. The number of hydrogen-bond acceptors (Lipinski definition) is 10. The Kier molecular flexibility index (Phi) is 9.75. The minimum absolute atomic E-state index is 0.0432. The van der Waals surface area contributed by atoms with Crippen LogP contribution in [0.1, 0.15) is 52.6 Å². The Hall–Kier alpha value is -3.61. The van der Waals surface area contributed by atoms with Gasteiger partial charge in [-0.2, -0.15) is 0 Å². The molecule has 0 saturated carbocycles. The van der Waals surface area contributed by atoms with E-state index in [2.05, 4.69) is 42.3 Å². The van der Waals surface area contributed by atoms with E-state index in [-0.39, 0.29) is 17.9 Å². The summed E-state index contributed by atoms with van der Waals surface area (Å²) >= 11 is 1.43. The summed E-state index contributed by atoms with van der Waals surface area (Å²) in [4.78, 5) is 43.7. The fourth-order valence-corrected chi connectivity index (χ4v) is 6.00. The lowest BCUT2D eigenvalue weighted by molar-refractivity contribution is 0.0937. The number of amides is 2. The van der Waals surface area contributed by atoms with E-state index < -0.39 is 0 Å². The van der Waals surface area contributed by atoms with Gasteiger partial charge in [-0.25, -0.2) is 15.0 Å². The lowest BCUT2D eigenvalue weighted by Gasteiger charge is -2.31. The highest BCUT2D eigenvalue weighted by molar-refractivity contribution is 7.14. The molecule has 11 nitrogen and oxygen atoms in total. The molecule has 2 aliphatic heterocycles. The number of thiazole rings is 1. The Morgan fingerprint density at radius 2 is 1.90 bits per heavy atom. The Labute approximate surface area is 244 Å². The second-order valence-electron chi connectivity index (χ2n) is 10.6. The van der Waals surface area contributed by atoms with Gasteiger partial charge in [0.25, 0.3) is 11.8 Å². The minimum atomic E-state index is -0.348.